The highest BCUT2D eigenvalue weighted by molar-refractivity contribution is 7.89. The Morgan fingerprint density at radius 1 is 1.33 bits per heavy atom. The Morgan fingerprint density at radius 2 is 2.00 bits per heavy atom. The first-order valence-corrected chi connectivity index (χ1v) is 7.71. The van der Waals surface area contributed by atoms with Gasteiger partial charge in [0.1, 0.15) is 0 Å². The average Bonchev–Trinajstić information content (AvgIpc) is 2.28. The van der Waals surface area contributed by atoms with E-state index in [4.69, 9.17) is 5.73 Å². The van der Waals surface area contributed by atoms with Crippen molar-refractivity contribution in [2.75, 3.05) is 5.73 Å². The molecule has 0 amide bonds. The quantitative estimate of drug-likeness (QED) is 0.779. The third kappa shape index (κ3) is 4.31. The molecule has 18 heavy (non-hydrogen) atoms. The van der Waals surface area contributed by atoms with Gasteiger partial charge in [0.15, 0.2) is 0 Å². The first kappa shape index (κ1) is 15.0. The Balaban J connectivity index is 2.76. The maximum Gasteiger partial charge on any atom is 0.240 e. The van der Waals surface area contributed by atoms with Gasteiger partial charge in [-0.2, -0.15) is 0 Å². The number of nitrogens with two attached hydrogens (primary N) is 1. The highest BCUT2D eigenvalue weighted by Gasteiger charge is 2.18. The van der Waals surface area contributed by atoms with E-state index < -0.39 is 10.0 Å². The van der Waals surface area contributed by atoms with E-state index >= 15 is 0 Å². The SMILES string of the molecule is CCC(C)CC(C)NS(=O)(=O)c1cccc(N)c1. The van der Waals surface area contributed by atoms with Crippen LogP contribution in [-0.4, -0.2) is 14.5 Å². The molecule has 0 aromatic heterocycles. The molecular weight excluding hydrogens is 248 g/mol. The van der Waals surface area contributed by atoms with E-state index in [0.29, 0.717) is 11.6 Å². The van der Waals surface area contributed by atoms with Gasteiger partial charge in [-0.1, -0.05) is 26.3 Å². The topological polar surface area (TPSA) is 72.2 Å². The molecular formula is C13H22N2O2S. The highest BCUT2D eigenvalue weighted by Crippen LogP contribution is 2.15. The van der Waals surface area contributed by atoms with Crippen molar-refractivity contribution in [1.29, 1.82) is 0 Å². The Labute approximate surface area is 110 Å². The first-order valence-electron chi connectivity index (χ1n) is 6.23. The van der Waals surface area contributed by atoms with E-state index in [1.165, 1.54) is 6.07 Å². The van der Waals surface area contributed by atoms with Crippen molar-refractivity contribution in [3.8, 4) is 0 Å². The van der Waals surface area contributed by atoms with E-state index in [1.54, 1.807) is 18.2 Å². The van der Waals surface area contributed by atoms with Gasteiger partial charge in [0.05, 0.1) is 4.90 Å². The van der Waals surface area contributed by atoms with Crippen molar-refractivity contribution in [1.82, 2.24) is 4.72 Å². The fraction of sp³-hybridized carbons (Fsp3) is 0.538. The number of benzene rings is 1. The number of anilines is 1. The first-order chi connectivity index (χ1) is 8.35. The van der Waals surface area contributed by atoms with Crippen LogP contribution in [0.4, 0.5) is 5.69 Å². The summed E-state index contributed by atoms with van der Waals surface area (Å²) in [5.41, 5.74) is 6.05. The van der Waals surface area contributed by atoms with Crippen LogP contribution in [0, 0.1) is 5.92 Å². The standard InChI is InChI=1S/C13H22N2O2S/c1-4-10(2)8-11(3)15-18(16,17)13-7-5-6-12(14)9-13/h5-7,9-11,15H,4,8,14H2,1-3H3. The molecule has 1 aromatic rings. The zero-order chi connectivity index (χ0) is 13.8. The number of nitrogens with one attached hydrogen (secondary N) is 1. The van der Waals surface area contributed by atoms with Crippen LogP contribution in [0.3, 0.4) is 0 Å². The van der Waals surface area contributed by atoms with Crippen molar-refractivity contribution >= 4 is 15.7 Å². The summed E-state index contributed by atoms with van der Waals surface area (Å²) in [5.74, 6) is 0.503. The molecule has 0 radical (unpaired) electrons. The molecule has 0 spiro atoms. The van der Waals surface area contributed by atoms with Gasteiger partial charge >= 0.3 is 0 Å². The predicted molar refractivity (Wildman–Crippen MR) is 74.7 cm³/mol. The molecule has 0 saturated heterocycles. The smallest absolute Gasteiger partial charge is 0.240 e. The molecule has 2 atom stereocenters. The van der Waals surface area contributed by atoms with Crippen LogP contribution in [0.1, 0.15) is 33.6 Å². The molecule has 1 aromatic carbocycles. The zero-order valence-corrected chi connectivity index (χ0v) is 12.0. The Bertz CT molecular complexity index is 486. The van der Waals surface area contributed by atoms with Crippen molar-refractivity contribution in [2.45, 2.75) is 44.6 Å². The van der Waals surface area contributed by atoms with Gasteiger partial charge in [-0.05, 0) is 37.5 Å². The van der Waals surface area contributed by atoms with Crippen LogP contribution in [0.5, 0.6) is 0 Å². The molecule has 0 saturated carbocycles. The van der Waals surface area contributed by atoms with Gasteiger partial charge in [0.25, 0.3) is 0 Å². The van der Waals surface area contributed by atoms with E-state index in [0.717, 1.165) is 12.8 Å². The lowest BCUT2D eigenvalue weighted by Gasteiger charge is -2.17. The second-order valence-electron chi connectivity index (χ2n) is 4.84. The molecule has 0 heterocycles. The van der Waals surface area contributed by atoms with Gasteiger partial charge in [-0.15, -0.1) is 0 Å². The lowest BCUT2D eigenvalue weighted by Crippen LogP contribution is -2.33. The molecule has 0 aliphatic carbocycles. The summed E-state index contributed by atoms with van der Waals surface area (Å²) in [6.45, 7) is 6.10. The number of rotatable bonds is 6. The third-order valence-corrected chi connectivity index (χ3v) is 4.56. The fourth-order valence-electron chi connectivity index (χ4n) is 1.83. The summed E-state index contributed by atoms with van der Waals surface area (Å²) in [6.07, 6.45) is 1.88. The van der Waals surface area contributed by atoms with Crippen molar-refractivity contribution in [2.24, 2.45) is 5.92 Å². The van der Waals surface area contributed by atoms with Gasteiger partial charge in [-0.25, -0.2) is 13.1 Å². The lowest BCUT2D eigenvalue weighted by molar-refractivity contribution is 0.445. The normalized spacial score (nSPS) is 15.3. The molecule has 102 valence electrons. The number of nitrogen functional groups attached to an aromatic ring is 1. The van der Waals surface area contributed by atoms with Gasteiger partial charge in [0.2, 0.25) is 10.0 Å². The molecule has 0 aliphatic rings. The molecule has 2 unspecified atom stereocenters. The van der Waals surface area contributed by atoms with Crippen LogP contribution >= 0.6 is 0 Å². The minimum atomic E-state index is -3.47. The van der Waals surface area contributed by atoms with Crippen LogP contribution in [0.2, 0.25) is 0 Å². The third-order valence-electron chi connectivity index (χ3n) is 2.98. The zero-order valence-electron chi connectivity index (χ0n) is 11.2. The summed E-state index contributed by atoms with van der Waals surface area (Å²) in [7, 11) is -3.47. The molecule has 0 aliphatic heterocycles. The Hall–Kier alpha value is -1.07. The average molecular weight is 270 g/mol. The highest BCUT2D eigenvalue weighted by atomic mass is 32.2. The summed E-state index contributed by atoms with van der Waals surface area (Å²) in [6, 6.07) is 6.25. The van der Waals surface area contributed by atoms with Gasteiger partial charge < -0.3 is 5.73 Å². The van der Waals surface area contributed by atoms with Crippen LogP contribution in [0.15, 0.2) is 29.2 Å². The number of hydrogen-bond donors (Lipinski definition) is 2. The van der Waals surface area contributed by atoms with E-state index in [1.807, 2.05) is 6.92 Å². The fourth-order valence-corrected chi connectivity index (χ4v) is 3.14. The minimum Gasteiger partial charge on any atom is -0.399 e. The molecule has 1 rings (SSSR count). The van der Waals surface area contributed by atoms with Gasteiger partial charge in [-0.3, -0.25) is 0 Å². The summed E-state index contributed by atoms with van der Waals surface area (Å²) in [5, 5.41) is 0. The molecule has 0 fully saturated rings. The second kappa shape index (κ2) is 6.20. The second-order valence-corrected chi connectivity index (χ2v) is 6.56. The van der Waals surface area contributed by atoms with Crippen LogP contribution in [0.25, 0.3) is 0 Å². The van der Waals surface area contributed by atoms with Crippen LogP contribution in [-0.2, 0) is 10.0 Å². The van der Waals surface area contributed by atoms with Crippen molar-refractivity contribution in [3.05, 3.63) is 24.3 Å². The lowest BCUT2D eigenvalue weighted by atomic mass is 10.0. The Kier molecular flexibility index (Phi) is 5.16. The van der Waals surface area contributed by atoms with Gasteiger partial charge in [0, 0.05) is 11.7 Å². The number of hydrogen-bond acceptors (Lipinski definition) is 3. The maximum atomic E-state index is 12.1. The summed E-state index contributed by atoms with van der Waals surface area (Å²) < 4.78 is 26.9. The molecule has 0 bridgehead atoms. The number of sulfonamides is 1. The Morgan fingerprint density at radius 3 is 2.56 bits per heavy atom. The van der Waals surface area contributed by atoms with E-state index in [-0.39, 0.29) is 10.9 Å². The minimum absolute atomic E-state index is 0.0774. The van der Waals surface area contributed by atoms with Crippen molar-refractivity contribution in [3.63, 3.8) is 0 Å². The predicted octanol–water partition coefficient (Wildman–Crippen LogP) is 2.37. The van der Waals surface area contributed by atoms with Crippen molar-refractivity contribution < 1.29 is 8.42 Å². The van der Waals surface area contributed by atoms with E-state index in [9.17, 15) is 8.42 Å². The summed E-state index contributed by atoms with van der Waals surface area (Å²) >= 11 is 0. The maximum absolute atomic E-state index is 12.1. The monoisotopic (exact) mass is 270 g/mol. The summed E-state index contributed by atoms with van der Waals surface area (Å²) in [4.78, 5) is 0.221. The molecule has 4 nitrogen and oxygen atoms in total. The van der Waals surface area contributed by atoms with E-state index in [2.05, 4.69) is 18.6 Å². The molecule has 3 N–H and O–H groups in total. The molecule has 5 heteroatoms. The largest absolute Gasteiger partial charge is 0.399 e. The van der Waals surface area contributed by atoms with Crippen LogP contribution < -0.4 is 10.5 Å².